The zero-order valence-electron chi connectivity index (χ0n) is 24.6. The van der Waals surface area contributed by atoms with E-state index in [1.165, 1.54) is 12.1 Å². The van der Waals surface area contributed by atoms with Crippen molar-refractivity contribution in [2.24, 2.45) is 16.3 Å². The zero-order chi connectivity index (χ0) is 29.8. The molecule has 1 heterocycles. The highest BCUT2D eigenvalue weighted by atomic mass is 19.1. The second kappa shape index (κ2) is 12.5. The molecule has 220 valence electrons. The van der Waals surface area contributed by atoms with Gasteiger partial charge in [-0.05, 0) is 73.3 Å². The van der Waals surface area contributed by atoms with Crippen molar-refractivity contribution in [2.45, 2.75) is 90.8 Å². The number of nitrogens with one attached hydrogen (secondary N) is 1. The van der Waals surface area contributed by atoms with E-state index in [0.29, 0.717) is 29.2 Å². The number of rotatable bonds is 11. The molecule has 1 saturated carbocycles. The van der Waals surface area contributed by atoms with E-state index in [0.717, 1.165) is 44.1 Å². The SMILES string of the molecule is CCC[C@H](c1ccc(C(=O)NCCC(=O)O)cc1)N1C(=O)C(c2cccc(F)c2)=NC12CCC(C(C)(C)CC)CC2. The Morgan fingerprint density at radius 1 is 1.15 bits per heavy atom. The van der Waals surface area contributed by atoms with Crippen LogP contribution < -0.4 is 5.32 Å². The van der Waals surface area contributed by atoms with Crippen molar-refractivity contribution in [3.63, 3.8) is 0 Å². The molecule has 2 aromatic rings. The maximum Gasteiger partial charge on any atom is 0.305 e. The number of carboxylic acid groups (broad SMARTS) is 1. The molecule has 2 aliphatic rings. The highest BCUT2D eigenvalue weighted by molar-refractivity contribution is 6.46. The maximum atomic E-state index is 14.2. The van der Waals surface area contributed by atoms with Crippen molar-refractivity contribution < 1.29 is 23.9 Å². The second-order valence-electron chi connectivity index (χ2n) is 12.1. The number of aliphatic imine (C=N–C) groups is 1. The fourth-order valence-electron chi connectivity index (χ4n) is 6.33. The molecule has 1 fully saturated rings. The first-order chi connectivity index (χ1) is 19.5. The first-order valence-corrected chi connectivity index (χ1v) is 14.8. The van der Waals surface area contributed by atoms with E-state index in [2.05, 4.69) is 33.0 Å². The van der Waals surface area contributed by atoms with Crippen LogP contribution in [-0.2, 0) is 9.59 Å². The van der Waals surface area contributed by atoms with Gasteiger partial charge in [-0.25, -0.2) is 4.39 Å². The molecule has 8 heteroatoms. The summed E-state index contributed by atoms with van der Waals surface area (Å²) < 4.78 is 14.2. The second-order valence-corrected chi connectivity index (χ2v) is 12.1. The fraction of sp³-hybridized carbons (Fsp3) is 0.515. The Morgan fingerprint density at radius 2 is 1.83 bits per heavy atom. The Morgan fingerprint density at radius 3 is 2.41 bits per heavy atom. The van der Waals surface area contributed by atoms with Crippen LogP contribution in [0.15, 0.2) is 53.5 Å². The van der Waals surface area contributed by atoms with E-state index in [1.807, 2.05) is 17.0 Å². The van der Waals surface area contributed by atoms with Crippen molar-refractivity contribution in [1.29, 1.82) is 0 Å². The summed E-state index contributed by atoms with van der Waals surface area (Å²) in [5, 5.41) is 11.5. The van der Waals surface area contributed by atoms with Crippen LogP contribution in [0, 0.1) is 17.2 Å². The van der Waals surface area contributed by atoms with Gasteiger partial charge in [-0.15, -0.1) is 0 Å². The molecule has 0 saturated heterocycles. The average Bonchev–Trinajstić information content (AvgIpc) is 3.22. The van der Waals surface area contributed by atoms with Gasteiger partial charge in [0.1, 0.15) is 17.2 Å². The summed E-state index contributed by atoms with van der Waals surface area (Å²) in [6, 6.07) is 13.0. The molecule has 2 amide bonds. The minimum Gasteiger partial charge on any atom is -0.481 e. The quantitative estimate of drug-likeness (QED) is 0.325. The van der Waals surface area contributed by atoms with Crippen LogP contribution in [0.1, 0.15) is 107 Å². The van der Waals surface area contributed by atoms with Crippen LogP contribution >= 0.6 is 0 Å². The van der Waals surface area contributed by atoms with E-state index in [4.69, 9.17) is 10.1 Å². The predicted octanol–water partition coefficient (Wildman–Crippen LogP) is 6.53. The molecule has 4 rings (SSSR count). The lowest BCUT2D eigenvalue weighted by atomic mass is 9.67. The topological polar surface area (TPSA) is 99.1 Å². The highest BCUT2D eigenvalue weighted by Gasteiger charge is 2.52. The lowest BCUT2D eigenvalue weighted by Gasteiger charge is -2.48. The van der Waals surface area contributed by atoms with Crippen molar-refractivity contribution in [3.8, 4) is 0 Å². The summed E-state index contributed by atoms with van der Waals surface area (Å²) in [6.07, 6.45) is 5.89. The summed E-state index contributed by atoms with van der Waals surface area (Å²) in [4.78, 5) is 44.6. The van der Waals surface area contributed by atoms with Gasteiger partial charge in [-0.3, -0.25) is 19.4 Å². The maximum absolute atomic E-state index is 14.2. The van der Waals surface area contributed by atoms with Gasteiger partial charge in [0.15, 0.2) is 0 Å². The lowest BCUT2D eigenvalue weighted by molar-refractivity contribution is -0.137. The van der Waals surface area contributed by atoms with Gasteiger partial charge in [-0.1, -0.05) is 64.8 Å². The molecule has 1 spiro atoms. The first-order valence-electron chi connectivity index (χ1n) is 14.8. The third-order valence-corrected chi connectivity index (χ3v) is 9.15. The number of carbonyl (C=O) groups excluding carboxylic acids is 2. The normalized spacial score (nSPS) is 21.6. The number of amides is 2. The Hall–Kier alpha value is -3.55. The van der Waals surface area contributed by atoms with Gasteiger partial charge >= 0.3 is 5.97 Å². The van der Waals surface area contributed by atoms with Crippen LogP contribution in [0.3, 0.4) is 0 Å². The minimum absolute atomic E-state index is 0.0508. The molecule has 1 atom stereocenters. The molecule has 0 radical (unpaired) electrons. The van der Waals surface area contributed by atoms with Gasteiger partial charge in [0, 0.05) is 17.7 Å². The Bertz CT molecular complexity index is 1300. The molecule has 2 aromatic carbocycles. The van der Waals surface area contributed by atoms with Gasteiger partial charge in [-0.2, -0.15) is 0 Å². The molecule has 0 unspecified atom stereocenters. The number of halogens is 1. The molecular formula is C33H42FN3O4. The van der Waals surface area contributed by atoms with E-state index in [9.17, 15) is 18.8 Å². The Labute approximate surface area is 242 Å². The minimum atomic E-state index is -0.973. The standard InChI is InChI=1S/C33H42FN3O4/c1-5-8-27(22-11-13-23(14-12-22)30(40)35-20-17-28(38)39)37-31(41)29(24-9-7-10-26(34)21-24)36-33(37)18-15-25(16-19-33)32(3,4)6-2/h7,9-14,21,25,27H,5-6,8,15-20H2,1-4H3,(H,35,40)(H,38,39)/t25?,27-,33?/m1/s1. The van der Waals surface area contributed by atoms with E-state index < -0.39 is 17.4 Å². The Kier molecular flexibility index (Phi) is 9.30. The average molecular weight is 564 g/mol. The largest absolute Gasteiger partial charge is 0.481 e. The van der Waals surface area contributed by atoms with Crippen molar-refractivity contribution in [1.82, 2.24) is 10.2 Å². The van der Waals surface area contributed by atoms with Gasteiger partial charge in [0.2, 0.25) is 0 Å². The Balaban J connectivity index is 1.67. The van der Waals surface area contributed by atoms with E-state index in [1.54, 1.807) is 24.3 Å². The molecular weight excluding hydrogens is 521 g/mol. The molecule has 0 aromatic heterocycles. The number of carboxylic acids is 1. The van der Waals surface area contributed by atoms with Gasteiger partial charge in [0.05, 0.1) is 12.5 Å². The summed E-state index contributed by atoms with van der Waals surface area (Å²) >= 11 is 0. The number of carbonyl (C=O) groups is 3. The molecule has 2 N–H and O–H groups in total. The van der Waals surface area contributed by atoms with E-state index >= 15 is 0 Å². The van der Waals surface area contributed by atoms with Gasteiger partial charge < -0.3 is 15.3 Å². The number of hydrogen-bond donors (Lipinski definition) is 2. The monoisotopic (exact) mass is 563 g/mol. The van der Waals surface area contributed by atoms with Crippen LogP contribution in [0.25, 0.3) is 0 Å². The third kappa shape index (κ3) is 6.52. The van der Waals surface area contributed by atoms with Crippen LogP contribution in [0.5, 0.6) is 0 Å². The molecule has 0 bridgehead atoms. The van der Waals surface area contributed by atoms with Crippen LogP contribution in [0.2, 0.25) is 0 Å². The number of hydrogen-bond acceptors (Lipinski definition) is 4. The third-order valence-electron chi connectivity index (χ3n) is 9.15. The summed E-state index contributed by atoms with van der Waals surface area (Å²) in [5.41, 5.74) is 1.65. The smallest absolute Gasteiger partial charge is 0.305 e. The molecule has 7 nitrogen and oxygen atoms in total. The zero-order valence-corrected chi connectivity index (χ0v) is 24.6. The van der Waals surface area contributed by atoms with Crippen molar-refractivity contribution >= 4 is 23.5 Å². The number of benzene rings is 2. The summed E-state index contributed by atoms with van der Waals surface area (Å²) in [6.45, 7) is 8.99. The predicted molar refractivity (Wildman–Crippen MR) is 157 cm³/mol. The van der Waals surface area contributed by atoms with E-state index in [-0.39, 0.29) is 36.2 Å². The number of nitrogens with zero attached hydrogens (tertiary/aromatic N) is 2. The highest BCUT2D eigenvalue weighted by Crippen LogP contribution is 2.50. The molecule has 1 aliphatic carbocycles. The summed E-state index contributed by atoms with van der Waals surface area (Å²) in [7, 11) is 0. The molecule has 1 aliphatic heterocycles. The fourth-order valence-corrected chi connectivity index (χ4v) is 6.33. The van der Waals surface area contributed by atoms with Gasteiger partial charge in [0.25, 0.3) is 11.8 Å². The van der Waals surface area contributed by atoms with Crippen molar-refractivity contribution in [2.75, 3.05) is 6.54 Å². The molecule has 41 heavy (non-hydrogen) atoms. The lowest BCUT2D eigenvalue weighted by Crippen LogP contribution is -2.51. The number of aliphatic carboxylic acids is 1. The summed E-state index contributed by atoms with van der Waals surface area (Å²) in [5.74, 6) is -1.36. The van der Waals surface area contributed by atoms with Crippen LogP contribution in [0.4, 0.5) is 4.39 Å². The first kappa shape index (κ1) is 30.4. The van der Waals surface area contributed by atoms with Crippen molar-refractivity contribution in [3.05, 3.63) is 71.0 Å². The van der Waals surface area contributed by atoms with Crippen LogP contribution in [-0.4, -0.2) is 45.7 Å².